The van der Waals surface area contributed by atoms with Gasteiger partial charge in [-0.3, -0.25) is 4.79 Å². The number of likely N-dealkylation sites (N-methyl/N-ethyl adjacent to an activating group) is 1. The molecule has 0 saturated heterocycles. The van der Waals surface area contributed by atoms with Gasteiger partial charge in [0.25, 0.3) is 0 Å². The molecular weight excluding hydrogens is 294 g/mol. The van der Waals surface area contributed by atoms with Crippen LogP contribution in [0, 0.1) is 0 Å². The van der Waals surface area contributed by atoms with Crippen LogP contribution in [0.25, 0.3) is 0 Å². The average molecular weight is 313 g/mol. The number of nitrogen functional groups attached to an aromatic ring is 1. The smallest absolute Gasteiger partial charge is 0.246 e. The first kappa shape index (κ1) is 15.6. The van der Waals surface area contributed by atoms with Crippen molar-refractivity contribution in [2.45, 2.75) is 23.8 Å². The molecule has 0 unspecified atom stereocenters. The highest BCUT2D eigenvalue weighted by atomic mass is 32.2. The fourth-order valence-corrected chi connectivity index (χ4v) is 3.11. The zero-order chi connectivity index (χ0) is 15.6. The average Bonchev–Trinajstić information content (AvgIpc) is 3.21. The van der Waals surface area contributed by atoms with Crippen LogP contribution >= 0.6 is 0 Å². The van der Waals surface area contributed by atoms with E-state index >= 15 is 0 Å². The van der Waals surface area contributed by atoms with Gasteiger partial charge < -0.3 is 15.8 Å². The number of sulfonamides is 1. The van der Waals surface area contributed by atoms with Crippen LogP contribution in [-0.4, -0.2) is 45.4 Å². The molecule has 116 valence electrons. The first-order chi connectivity index (χ1) is 9.84. The molecule has 1 amide bonds. The quantitative estimate of drug-likeness (QED) is 0.729. The van der Waals surface area contributed by atoms with E-state index in [0.29, 0.717) is 5.69 Å². The molecule has 1 saturated carbocycles. The summed E-state index contributed by atoms with van der Waals surface area (Å²) < 4.78 is 31.0. The van der Waals surface area contributed by atoms with Crippen LogP contribution in [0.2, 0.25) is 0 Å². The number of benzene rings is 1. The third kappa shape index (κ3) is 3.64. The number of carbonyl (C=O) groups excluding carboxylic acids is 1. The second kappa shape index (κ2) is 5.90. The van der Waals surface area contributed by atoms with Gasteiger partial charge in [0.15, 0.2) is 0 Å². The number of rotatable bonds is 6. The molecule has 3 N–H and O–H groups in total. The molecule has 21 heavy (non-hydrogen) atoms. The van der Waals surface area contributed by atoms with E-state index < -0.39 is 10.0 Å². The molecule has 1 fully saturated rings. The molecule has 0 heterocycles. The normalized spacial score (nSPS) is 15.0. The molecular formula is C13H19N3O4S. The summed E-state index contributed by atoms with van der Waals surface area (Å²) in [7, 11) is -1.09. The van der Waals surface area contributed by atoms with Crippen LogP contribution in [0.4, 0.5) is 5.69 Å². The van der Waals surface area contributed by atoms with Crippen molar-refractivity contribution in [3.63, 3.8) is 0 Å². The maximum Gasteiger partial charge on any atom is 0.246 e. The molecule has 0 spiro atoms. The number of hydrogen-bond donors (Lipinski definition) is 2. The number of ether oxygens (including phenoxy) is 1. The maximum atomic E-state index is 12.5. The minimum atomic E-state index is -3.82. The van der Waals surface area contributed by atoms with E-state index in [1.54, 1.807) is 0 Å². The summed E-state index contributed by atoms with van der Waals surface area (Å²) >= 11 is 0. The van der Waals surface area contributed by atoms with E-state index in [1.165, 1.54) is 32.4 Å². The topological polar surface area (TPSA) is 102 Å². The van der Waals surface area contributed by atoms with Crippen molar-refractivity contribution in [2.24, 2.45) is 0 Å². The maximum absolute atomic E-state index is 12.5. The van der Waals surface area contributed by atoms with Gasteiger partial charge in [0.1, 0.15) is 10.6 Å². The van der Waals surface area contributed by atoms with Crippen LogP contribution in [0.5, 0.6) is 5.75 Å². The third-order valence-corrected chi connectivity index (χ3v) is 5.03. The summed E-state index contributed by atoms with van der Waals surface area (Å²) in [5.74, 6) is -0.151. The number of carbonyl (C=O) groups is 1. The van der Waals surface area contributed by atoms with E-state index in [4.69, 9.17) is 10.5 Å². The molecule has 2 rings (SSSR count). The first-order valence-electron chi connectivity index (χ1n) is 6.54. The summed E-state index contributed by atoms with van der Waals surface area (Å²) in [5.41, 5.74) is 6.02. The van der Waals surface area contributed by atoms with Crippen LogP contribution in [-0.2, 0) is 14.8 Å². The molecule has 0 radical (unpaired) electrons. The van der Waals surface area contributed by atoms with Crippen molar-refractivity contribution >= 4 is 21.6 Å². The molecule has 1 aromatic rings. The van der Waals surface area contributed by atoms with E-state index in [-0.39, 0.29) is 29.1 Å². The van der Waals surface area contributed by atoms with Gasteiger partial charge in [0.05, 0.1) is 13.7 Å². The lowest BCUT2D eigenvalue weighted by atomic mass is 10.3. The summed E-state index contributed by atoms with van der Waals surface area (Å²) in [6.45, 7) is -0.230. The molecule has 1 aromatic carbocycles. The Balaban J connectivity index is 2.17. The van der Waals surface area contributed by atoms with E-state index in [2.05, 4.69) is 5.32 Å². The van der Waals surface area contributed by atoms with Gasteiger partial charge in [-0.25, -0.2) is 8.42 Å². The highest BCUT2D eigenvalue weighted by Gasteiger charge is 2.29. The molecule has 0 atom stereocenters. The first-order valence-corrected chi connectivity index (χ1v) is 7.98. The molecule has 1 aliphatic rings. The van der Waals surface area contributed by atoms with Crippen molar-refractivity contribution in [1.82, 2.24) is 9.62 Å². The second-order valence-electron chi connectivity index (χ2n) is 5.01. The van der Waals surface area contributed by atoms with Crippen LogP contribution < -0.4 is 15.8 Å². The van der Waals surface area contributed by atoms with Crippen LogP contribution in [0.1, 0.15) is 12.8 Å². The van der Waals surface area contributed by atoms with Gasteiger partial charge in [0, 0.05) is 24.8 Å². The number of amides is 1. The number of nitrogens with two attached hydrogens (primary N) is 1. The van der Waals surface area contributed by atoms with E-state index in [9.17, 15) is 13.2 Å². The Morgan fingerprint density at radius 3 is 2.71 bits per heavy atom. The number of anilines is 1. The lowest BCUT2D eigenvalue weighted by molar-refractivity contribution is -0.121. The van der Waals surface area contributed by atoms with Crippen molar-refractivity contribution < 1.29 is 17.9 Å². The highest BCUT2D eigenvalue weighted by molar-refractivity contribution is 7.89. The van der Waals surface area contributed by atoms with E-state index in [1.807, 2.05) is 0 Å². The van der Waals surface area contributed by atoms with Gasteiger partial charge in [-0.05, 0) is 25.0 Å². The van der Waals surface area contributed by atoms with Crippen molar-refractivity contribution in [3.8, 4) is 5.75 Å². The fourth-order valence-electron chi connectivity index (χ4n) is 1.85. The largest absolute Gasteiger partial charge is 0.495 e. The van der Waals surface area contributed by atoms with Crippen LogP contribution in [0.15, 0.2) is 23.1 Å². The van der Waals surface area contributed by atoms with Gasteiger partial charge in [0.2, 0.25) is 15.9 Å². The van der Waals surface area contributed by atoms with Gasteiger partial charge in [-0.1, -0.05) is 0 Å². The monoisotopic (exact) mass is 313 g/mol. The summed E-state index contributed by atoms with van der Waals surface area (Å²) in [4.78, 5) is 11.7. The molecule has 0 aromatic heterocycles. The van der Waals surface area contributed by atoms with Crippen LogP contribution in [0.3, 0.4) is 0 Å². The minimum Gasteiger partial charge on any atom is -0.495 e. The lowest BCUT2D eigenvalue weighted by Gasteiger charge is -2.18. The summed E-state index contributed by atoms with van der Waals surface area (Å²) in [5, 5.41) is 2.75. The lowest BCUT2D eigenvalue weighted by Crippen LogP contribution is -2.39. The SMILES string of the molecule is COc1cc(N)ccc1S(=O)(=O)N(C)CC(=O)NC1CC1. The summed E-state index contributed by atoms with van der Waals surface area (Å²) in [6.07, 6.45) is 1.90. The van der Waals surface area contributed by atoms with Gasteiger partial charge >= 0.3 is 0 Å². The number of methoxy groups -OCH3 is 1. The van der Waals surface area contributed by atoms with Gasteiger partial charge in [-0.15, -0.1) is 0 Å². The predicted octanol–water partition coefficient (Wildman–Crippen LogP) is 0.177. The minimum absolute atomic E-state index is 0.0130. The Hall–Kier alpha value is -1.80. The van der Waals surface area contributed by atoms with Crippen molar-refractivity contribution in [3.05, 3.63) is 18.2 Å². The molecule has 7 nitrogen and oxygen atoms in total. The summed E-state index contributed by atoms with van der Waals surface area (Å²) in [6, 6.07) is 4.48. The number of nitrogens with one attached hydrogen (secondary N) is 1. The fraction of sp³-hybridized carbons (Fsp3) is 0.462. The Morgan fingerprint density at radius 2 is 2.14 bits per heavy atom. The predicted molar refractivity (Wildman–Crippen MR) is 78.4 cm³/mol. The van der Waals surface area contributed by atoms with Gasteiger partial charge in [-0.2, -0.15) is 4.31 Å². The Morgan fingerprint density at radius 1 is 1.48 bits per heavy atom. The number of hydrogen-bond acceptors (Lipinski definition) is 5. The van der Waals surface area contributed by atoms with Crippen molar-refractivity contribution in [1.29, 1.82) is 0 Å². The third-order valence-electron chi connectivity index (χ3n) is 3.18. The van der Waals surface area contributed by atoms with E-state index in [0.717, 1.165) is 17.1 Å². The standard InChI is InChI=1S/C13H19N3O4S/c1-16(8-13(17)15-10-4-5-10)21(18,19)12-6-3-9(14)7-11(12)20-2/h3,6-7,10H,4-5,8,14H2,1-2H3,(H,15,17). The van der Waals surface area contributed by atoms with Crippen molar-refractivity contribution in [2.75, 3.05) is 26.4 Å². The zero-order valence-corrected chi connectivity index (χ0v) is 12.8. The highest BCUT2D eigenvalue weighted by Crippen LogP contribution is 2.28. The molecule has 1 aliphatic carbocycles. The molecule has 8 heteroatoms. The zero-order valence-electron chi connectivity index (χ0n) is 12.0. The Labute approximate surface area is 124 Å². The Kier molecular flexibility index (Phi) is 4.38. The Bertz CT molecular complexity index is 641. The second-order valence-corrected chi connectivity index (χ2v) is 7.03. The molecule has 0 aliphatic heterocycles. The molecule has 0 bridgehead atoms. The number of nitrogens with zero attached hydrogens (tertiary/aromatic N) is 1.